The first-order valence-corrected chi connectivity index (χ1v) is 7.63. The van der Waals surface area contributed by atoms with E-state index in [-0.39, 0.29) is 0 Å². The van der Waals surface area contributed by atoms with Crippen LogP contribution in [-0.4, -0.2) is 23.0 Å². The molecule has 0 N–H and O–H groups in total. The van der Waals surface area contributed by atoms with Crippen LogP contribution in [0.15, 0.2) is 24.4 Å². The molecule has 0 saturated carbocycles. The van der Waals surface area contributed by atoms with Crippen molar-refractivity contribution in [1.29, 1.82) is 0 Å². The predicted molar refractivity (Wildman–Crippen MR) is 80.6 cm³/mol. The van der Waals surface area contributed by atoms with Crippen molar-refractivity contribution in [3.63, 3.8) is 0 Å². The van der Waals surface area contributed by atoms with Gasteiger partial charge in [-0.2, -0.15) is 0 Å². The zero-order valence-corrected chi connectivity index (χ0v) is 12.7. The van der Waals surface area contributed by atoms with Gasteiger partial charge in [0.05, 0.1) is 5.69 Å². The van der Waals surface area contributed by atoms with E-state index in [1.165, 1.54) is 25.0 Å². The Labute approximate surface area is 117 Å². The van der Waals surface area contributed by atoms with Crippen molar-refractivity contribution in [1.82, 2.24) is 9.38 Å². The summed E-state index contributed by atoms with van der Waals surface area (Å²) in [6, 6.07) is 6.12. The van der Waals surface area contributed by atoms with Crippen molar-refractivity contribution in [2.45, 2.75) is 31.5 Å². The topological polar surface area (TPSA) is 20.5 Å². The molecule has 98 valence electrons. The molecule has 4 heteroatoms. The molecule has 2 rings (SSSR count). The van der Waals surface area contributed by atoms with E-state index in [4.69, 9.17) is 4.98 Å². The number of alkyl halides is 1. The highest BCUT2D eigenvalue weighted by molar-refractivity contribution is 9.08. The number of hydrogen-bond acceptors (Lipinski definition) is 2. The Morgan fingerprint density at radius 3 is 2.89 bits per heavy atom. The van der Waals surface area contributed by atoms with Gasteiger partial charge in [0.15, 0.2) is 5.82 Å². The molecule has 2 heterocycles. The summed E-state index contributed by atoms with van der Waals surface area (Å²) >= 11 is 3.57. The minimum Gasteiger partial charge on any atom is -0.358 e. The number of nitrogens with zero attached hydrogens (tertiary/aromatic N) is 3. The molecule has 2 aromatic rings. The van der Waals surface area contributed by atoms with Gasteiger partial charge in [0.25, 0.3) is 0 Å². The molecule has 0 aromatic carbocycles. The number of aromatic nitrogens is 2. The summed E-state index contributed by atoms with van der Waals surface area (Å²) in [5.74, 6) is 1.09. The smallest absolute Gasteiger partial charge is 0.151 e. The minimum atomic E-state index is 0.825. The number of hydrogen-bond donors (Lipinski definition) is 0. The number of rotatable bonds is 6. The Hall–Kier alpha value is -1.03. The van der Waals surface area contributed by atoms with Crippen molar-refractivity contribution < 1.29 is 0 Å². The summed E-state index contributed by atoms with van der Waals surface area (Å²) in [7, 11) is 2.13. The molecular weight excluding hydrogens is 290 g/mol. The third-order valence-corrected chi connectivity index (χ3v) is 3.72. The SMILES string of the molecule is CCCCCN(C)c1nc2ccccn2c1CBr. The molecule has 3 nitrogen and oxygen atoms in total. The van der Waals surface area contributed by atoms with Gasteiger partial charge >= 0.3 is 0 Å². The lowest BCUT2D eigenvalue weighted by atomic mass is 10.2. The minimum absolute atomic E-state index is 0.825. The molecule has 0 saturated heterocycles. The number of fused-ring (bicyclic) bond motifs is 1. The zero-order chi connectivity index (χ0) is 13.0. The highest BCUT2D eigenvalue weighted by Crippen LogP contribution is 2.23. The Kier molecular flexibility index (Phi) is 4.64. The van der Waals surface area contributed by atoms with Gasteiger partial charge in [-0.05, 0) is 18.6 Å². The van der Waals surface area contributed by atoms with E-state index in [9.17, 15) is 0 Å². The van der Waals surface area contributed by atoms with E-state index in [1.807, 2.05) is 12.1 Å². The lowest BCUT2D eigenvalue weighted by Gasteiger charge is -2.17. The maximum absolute atomic E-state index is 4.72. The first-order chi connectivity index (χ1) is 8.77. The average Bonchev–Trinajstić information content (AvgIpc) is 2.77. The van der Waals surface area contributed by atoms with Crippen LogP contribution in [0.4, 0.5) is 5.82 Å². The highest BCUT2D eigenvalue weighted by Gasteiger charge is 2.13. The van der Waals surface area contributed by atoms with Crippen LogP contribution in [-0.2, 0) is 5.33 Å². The first-order valence-electron chi connectivity index (χ1n) is 6.51. The molecule has 0 spiro atoms. The molecule has 0 amide bonds. The second kappa shape index (κ2) is 6.23. The van der Waals surface area contributed by atoms with Crippen LogP contribution in [0, 0.1) is 0 Å². The maximum atomic E-state index is 4.72. The second-order valence-electron chi connectivity index (χ2n) is 4.57. The number of imidazole rings is 1. The van der Waals surface area contributed by atoms with E-state index in [0.29, 0.717) is 0 Å². The van der Waals surface area contributed by atoms with Crippen LogP contribution < -0.4 is 4.90 Å². The number of unbranched alkanes of at least 4 members (excludes halogenated alkanes) is 2. The van der Waals surface area contributed by atoms with E-state index in [1.54, 1.807) is 0 Å². The van der Waals surface area contributed by atoms with E-state index < -0.39 is 0 Å². The van der Waals surface area contributed by atoms with Crippen LogP contribution in [0.3, 0.4) is 0 Å². The quantitative estimate of drug-likeness (QED) is 0.596. The van der Waals surface area contributed by atoms with Gasteiger partial charge in [0.2, 0.25) is 0 Å². The van der Waals surface area contributed by atoms with Crippen LogP contribution >= 0.6 is 15.9 Å². The standard InChI is InChI=1S/C14H20BrN3/c1-3-4-6-9-17(2)14-12(11-15)18-10-7-5-8-13(18)16-14/h5,7-8,10H,3-4,6,9,11H2,1-2H3. The largest absolute Gasteiger partial charge is 0.358 e. The fourth-order valence-corrected chi connectivity index (χ4v) is 2.69. The first kappa shape index (κ1) is 13.4. The van der Waals surface area contributed by atoms with Gasteiger partial charge < -0.3 is 9.30 Å². The van der Waals surface area contributed by atoms with Crippen LogP contribution in [0.25, 0.3) is 5.65 Å². The van der Waals surface area contributed by atoms with Gasteiger partial charge in [0.1, 0.15) is 5.65 Å². The Morgan fingerprint density at radius 2 is 2.17 bits per heavy atom. The van der Waals surface area contributed by atoms with Crippen LogP contribution in [0.2, 0.25) is 0 Å². The third-order valence-electron chi connectivity index (χ3n) is 3.19. The lowest BCUT2D eigenvalue weighted by molar-refractivity contribution is 0.701. The molecule has 18 heavy (non-hydrogen) atoms. The molecule has 0 aliphatic rings. The summed E-state index contributed by atoms with van der Waals surface area (Å²) < 4.78 is 2.15. The summed E-state index contributed by atoms with van der Waals surface area (Å²) in [6.07, 6.45) is 5.83. The van der Waals surface area contributed by atoms with E-state index in [0.717, 1.165) is 23.3 Å². The number of pyridine rings is 1. The average molecular weight is 310 g/mol. The highest BCUT2D eigenvalue weighted by atomic mass is 79.9. The van der Waals surface area contributed by atoms with Gasteiger partial charge in [-0.1, -0.05) is 41.8 Å². The molecule has 2 aromatic heterocycles. The summed E-state index contributed by atoms with van der Waals surface area (Å²) in [5, 5.41) is 0.825. The fourth-order valence-electron chi connectivity index (χ4n) is 2.17. The molecule has 0 atom stereocenters. The molecule has 0 radical (unpaired) electrons. The normalized spacial score (nSPS) is 11.1. The molecule has 0 unspecified atom stereocenters. The van der Waals surface area contributed by atoms with Gasteiger partial charge in [-0.3, -0.25) is 0 Å². The summed E-state index contributed by atoms with van der Waals surface area (Å²) in [5.41, 5.74) is 2.24. The molecule has 0 aliphatic heterocycles. The monoisotopic (exact) mass is 309 g/mol. The molecule has 0 fully saturated rings. The van der Waals surface area contributed by atoms with Crippen molar-refractivity contribution in [2.24, 2.45) is 0 Å². The molecule has 0 bridgehead atoms. The van der Waals surface area contributed by atoms with E-state index in [2.05, 4.69) is 51.5 Å². The second-order valence-corrected chi connectivity index (χ2v) is 5.13. The third kappa shape index (κ3) is 2.69. The zero-order valence-electron chi connectivity index (χ0n) is 11.1. The summed E-state index contributed by atoms with van der Waals surface area (Å²) in [4.78, 5) is 6.98. The van der Waals surface area contributed by atoms with Crippen LogP contribution in [0.5, 0.6) is 0 Å². The predicted octanol–water partition coefficient (Wildman–Crippen LogP) is 3.86. The molecule has 0 aliphatic carbocycles. The van der Waals surface area contributed by atoms with Crippen molar-refractivity contribution >= 4 is 27.4 Å². The van der Waals surface area contributed by atoms with Gasteiger partial charge in [-0.15, -0.1) is 0 Å². The Bertz CT molecular complexity index is 507. The fraction of sp³-hybridized carbons (Fsp3) is 0.500. The molecular formula is C14H20BrN3. The van der Waals surface area contributed by atoms with E-state index >= 15 is 0 Å². The lowest BCUT2D eigenvalue weighted by Crippen LogP contribution is -2.20. The van der Waals surface area contributed by atoms with Gasteiger partial charge in [0, 0.05) is 25.1 Å². The van der Waals surface area contributed by atoms with Crippen molar-refractivity contribution in [2.75, 3.05) is 18.5 Å². The number of halogens is 1. The van der Waals surface area contributed by atoms with Crippen molar-refractivity contribution in [3.8, 4) is 0 Å². The van der Waals surface area contributed by atoms with Crippen LogP contribution in [0.1, 0.15) is 31.9 Å². The Balaban J connectivity index is 2.26. The Morgan fingerprint density at radius 1 is 1.33 bits per heavy atom. The summed E-state index contributed by atoms with van der Waals surface area (Å²) in [6.45, 7) is 3.30. The maximum Gasteiger partial charge on any atom is 0.151 e. The number of anilines is 1. The van der Waals surface area contributed by atoms with Gasteiger partial charge in [-0.25, -0.2) is 4.98 Å². The van der Waals surface area contributed by atoms with Crippen molar-refractivity contribution in [3.05, 3.63) is 30.1 Å².